The molecule has 0 saturated heterocycles. The molecule has 0 unspecified atom stereocenters. The summed E-state index contributed by atoms with van der Waals surface area (Å²) in [6.07, 6.45) is 5.33. The highest BCUT2D eigenvalue weighted by atomic mass is 16.5. The molecule has 4 rings (SSSR count). The first-order valence-electron chi connectivity index (χ1n) is 9.57. The van der Waals surface area contributed by atoms with Crippen LogP contribution in [0.15, 0.2) is 71.9 Å². The van der Waals surface area contributed by atoms with Crippen molar-refractivity contribution >= 4 is 11.6 Å². The minimum atomic E-state index is 0.415. The van der Waals surface area contributed by atoms with Gasteiger partial charge in [0.05, 0.1) is 12.2 Å². The number of nitrogens with zero attached hydrogens (tertiary/aromatic N) is 2. The summed E-state index contributed by atoms with van der Waals surface area (Å²) in [5.74, 6) is 1.21. The second kappa shape index (κ2) is 8.57. The maximum Gasteiger partial charge on any atom is 0.193 e. The van der Waals surface area contributed by atoms with Gasteiger partial charge in [0, 0.05) is 11.9 Å². The number of aromatic nitrogens is 1. The molecule has 0 aliphatic heterocycles. The Labute approximate surface area is 165 Å². The van der Waals surface area contributed by atoms with Crippen LogP contribution < -0.4 is 15.8 Å². The van der Waals surface area contributed by atoms with Crippen LogP contribution >= 0.6 is 0 Å². The molecule has 0 saturated carbocycles. The number of nitrogens with two attached hydrogens (primary N) is 1. The van der Waals surface area contributed by atoms with Gasteiger partial charge in [0.25, 0.3) is 0 Å². The van der Waals surface area contributed by atoms with Crippen molar-refractivity contribution in [3.8, 4) is 5.75 Å². The van der Waals surface area contributed by atoms with Gasteiger partial charge in [-0.2, -0.15) is 0 Å². The van der Waals surface area contributed by atoms with Crippen LogP contribution in [0.5, 0.6) is 5.75 Å². The second-order valence-corrected chi connectivity index (χ2v) is 6.92. The standard InChI is InChI=1S/C23H24N4O/c24-23(27-20-11-10-18-6-4-7-19(18)14-20)26-15-17-5-3-9-22(13-17)28-16-21-8-1-2-12-25-21/h1-3,5,8-14H,4,6-7,15-16H2,(H3,24,26,27). The van der Waals surface area contributed by atoms with Gasteiger partial charge in [-0.1, -0.05) is 24.3 Å². The smallest absolute Gasteiger partial charge is 0.193 e. The zero-order chi connectivity index (χ0) is 19.2. The number of hydrogen-bond acceptors (Lipinski definition) is 3. The minimum absolute atomic E-state index is 0.415. The Balaban J connectivity index is 1.34. The predicted molar refractivity (Wildman–Crippen MR) is 112 cm³/mol. The van der Waals surface area contributed by atoms with Crippen molar-refractivity contribution in [2.75, 3.05) is 5.32 Å². The number of nitrogens with one attached hydrogen (secondary N) is 1. The molecule has 0 amide bonds. The highest BCUT2D eigenvalue weighted by Crippen LogP contribution is 2.24. The van der Waals surface area contributed by atoms with Gasteiger partial charge in [0.15, 0.2) is 5.96 Å². The summed E-state index contributed by atoms with van der Waals surface area (Å²) in [5, 5.41) is 3.19. The van der Waals surface area contributed by atoms with Crippen LogP contribution in [-0.4, -0.2) is 10.9 Å². The fourth-order valence-corrected chi connectivity index (χ4v) is 3.39. The number of benzene rings is 2. The molecule has 3 aromatic rings. The summed E-state index contributed by atoms with van der Waals surface area (Å²) in [6.45, 7) is 0.931. The SMILES string of the molecule is NC(=NCc1cccc(OCc2ccccn2)c1)Nc1ccc2c(c1)CCC2. The van der Waals surface area contributed by atoms with Crippen LogP contribution in [0.1, 0.15) is 28.8 Å². The first-order valence-corrected chi connectivity index (χ1v) is 9.57. The van der Waals surface area contributed by atoms with Crippen molar-refractivity contribution in [1.29, 1.82) is 0 Å². The van der Waals surface area contributed by atoms with Gasteiger partial charge in [-0.25, -0.2) is 4.99 Å². The lowest BCUT2D eigenvalue weighted by Gasteiger charge is -2.09. The Kier molecular flexibility index (Phi) is 5.52. The van der Waals surface area contributed by atoms with E-state index in [-0.39, 0.29) is 0 Å². The van der Waals surface area contributed by atoms with Crippen molar-refractivity contribution in [2.24, 2.45) is 10.7 Å². The van der Waals surface area contributed by atoms with Gasteiger partial charge < -0.3 is 15.8 Å². The lowest BCUT2D eigenvalue weighted by molar-refractivity contribution is 0.301. The molecule has 0 radical (unpaired) electrons. The lowest BCUT2D eigenvalue weighted by atomic mass is 10.1. The normalized spacial score (nSPS) is 13.2. The van der Waals surface area contributed by atoms with Gasteiger partial charge in [0.2, 0.25) is 0 Å². The maximum atomic E-state index is 6.07. The van der Waals surface area contributed by atoms with E-state index in [1.807, 2.05) is 42.5 Å². The molecular weight excluding hydrogens is 348 g/mol. The molecule has 2 aromatic carbocycles. The molecule has 1 aliphatic rings. The third kappa shape index (κ3) is 4.68. The summed E-state index contributed by atoms with van der Waals surface area (Å²) >= 11 is 0. The molecule has 5 nitrogen and oxygen atoms in total. The zero-order valence-corrected chi connectivity index (χ0v) is 15.8. The van der Waals surface area contributed by atoms with Crippen molar-refractivity contribution < 1.29 is 4.74 Å². The molecule has 1 aliphatic carbocycles. The molecule has 0 spiro atoms. The molecular formula is C23H24N4O. The van der Waals surface area contributed by atoms with Crippen molar-refractivity contribution in [1.82, 2.24) is 4.98 Å². The first-order chi connectivity index (χ1) is 13.8. The largest absolute Gasteiger partial charge is 0.487 e. The van der Waals surface area contributed by atoms with Crippen molar-refractivity contribution in [2.45, 2.75) is 32.4 Å². The van der Waals surface area contributed by atoms with E-state index >= 15 is 0 Å². The van der Waals surface area contributed by atoms with Gasteiger partial charge in [-0.3, -0.25) is 4.98 Å². The van der Waals surface area contributed by atoms with E-state index in [0.717, 1.165) is 29.1 Å². The number of ether oxygens (including phenoxy) is 1. The number of rotatable bonds is 6. The quantitative estimate of drug-likeness (QED) is 0.505. The van der Waals surface area contributed by atoms with Gasteiger partial charge in [-0.15, -0.1) is 0 Å². The Morgan fingerprint density at radius 3 is 2.86 bits per heavy atom. The molecule has 5 heteroatoms. The molecule has 142 valence electrons. The Morgan fingerprint density at radius 1 is 1.04 bits per heavy atom. The monoisotopic (exact) mass is 372 g/mol. The molecule has 3 N–H and O–H groups in total. The molecule has 1 aromatic heterocycles. The second-order valence-electron chi connectivity index (χ2n) is 6.92. The Hall–Kier alpha value is -3.34. The van der Waals surface area contributed by atoms with E-state index in [0.29, 0.717) is 19.1 Å². The van der Waals surface area contributed by atoms with E-state index in [1.54, 1.807) is 6.20 Å². The number of anilines is 1. The number of aliphatic imine (C=N–C) groups is 1. The lowest BCUT2D eigenvalue weighted by Crippen LogP contribution is -2.22. The van der Waals surface area contributed by atoms with Gasteiger partial charge in [0.1, 0.15) is 12.4 Å². The van der Waals surface area contributed by atoms with Gasteiger partial charge in [-0.05, 0) is 72.4 Å². The third-order valence-corrected chi connectivity index (χ3v) is 4.81. The van der Waals surface area contributed by atoms with Crippen LogP contribution in [0.25, 0.3) is 0 Å². The van der Waals surface area contributed by atoms with E-state index < -0.39 is 0 Å². The van der Waals surface area contributed by atoms with Crippen LogP contribution in [-0.2, 0) is 26.0 Å². The Bertz CT molecular complexity index is 969. The van der Waals surface area contributed by atoms with Crippen molar-refractivity contribution in [3.63, 3.8) is 0 Å². The number of aryl methyl sites for hydroxylation is 2. The summed E-state index contributed by atoms with van der Waals surface area (Å²) in [5.41, 5.74) is 11.9. The minimum Gasteiger partial charge on any atom is -0.487 e. The molecule has 0 fully saturated rings. The molecule has 1 heterocycles. The fourth-order valence-electron chi connectivity index (χ4n) is 3.39. The maximum absolute atomic E-state index is 6.07. The van der Waals surface area contributed by atoms with Crippen LogP contribution in [0.2, 0.25) is 0 Å². The average Bonchev–Trinajstić information content (AvgIpc) is 3.20. The van der Waals surface area contributed by atoms with E-state index in [2.05, 4.69) is 33.5 Å². The number of guanidine groups is 1. The highest BCUT2D eigenvalue weighted by Gasteiger charge is 2.10. The van der Waals surface area contributed by atoms with Crippen LogP contribution in [0.3, 0.4) is 0 Å². The summed E-state index contributed by atoms with van der Waals surface area (Å²) < 4.78 is 5.82. The number of fused-ring (bicyclic) bond motifs is 1. The highest BCUT2D eigenvalue weighted by molar-refractivity contribution is 5.92. The topological polar surface area (TPSA) is 72.5 Å². The molecule has 0 atom stereocenters. The van der Waals surface area contributed by atoms with Crippen molar-refractivity contribution in [3.05, 3.63) is 89.2 Å². The Morgan fingerprint density at radius 2 is 1.96 bits per heavy atom. The van der Waals surface area contributed by atoms with Crippen LogP contribution in [0.4, 0.5) is 5.69 Å². The first kappa shape index (κ1) is 18.0. The van der Waals surface area contributed by atoms with E-state index in [9.17, 15) is 0 Å². The van der Waals surface area contributed by atoms with E-state index in [1.165, 1.54) is 24.0 Å². The third-order valence-electron chi connectivity index (χ3n) is 4.81. The number of hydrogen-bond donors (Lipinski definition) is 2. The summed E-state index contributed by atoms with van der Waals surface area (Å²) in [7, 11) is 0. The van der Waals surface area contributed by atoms with Crippen LogP contribution in [0, 0.1) is 0 Å². The molecule has 0 bridgehead atoms. The molecule has 28 heavy (non-hydrogen) atoms. The summed E-state index contributed by atoms with van der Waals surface area (Å²) in [4.78, 5) is 8.72. The fraction of sp³-hybridized carbons (Fsp3) is 0.217. The zero-order valence-electron chi connectivity index (χ0n) is 15.8. The average molecular weight is 372 g/mol. The van der Waals surface area contributed by atoms with E-state index in [4.69, 9.17) is 10.5 Å². The summed E-state index contributed by atoms with van der Waals surface area (Å²) in [6, 6.07) is 20.1. The van der Waals surface area contributed by atoms with Gasteiger partial charge >= 0.3 is 0 Å². The number of pyridine rings is 1. The predicted octanol–water partition coefficient (Wildman–Crippen LogP) is 4.08.